The van der Waals surface area contributed by atoms with E-state index < -0.39 is 0 Å². The van der Waals surface area contributed by atoms with E-state index in [1.807, 2.05) is 0 Å². The Morgan fingerprint density at radius 2 is 2.10 bits per heavy atom. The van der Waals surface area contributed by atoms with E-state index in [9.17, 15) is 0 Å². The van der Waals surface area contributed by atoms with Gasteiger partial charge in [0.1, 0.15) is 0 Å². The zero-order valence-electron chi connectivity index (χ0n) is 5.83. The number of nitrogens with one attached hydrogen (secondary N) is 1. The van der Waals surface area contributed by atoms with Crippen LogP contribution < -0.4 is 5.43 Å². The second kappa shape index (κ2) is 1.52. The van der Waals surface area contributed by atoms with Crippen molar-refractivity contribution in [2.24, 2.45) is 22.2 Å². The average molecular weight is 137 g/mol. The van der Waals surface area contributed by atoms with Crippen molar-refractivity contribution < 1.29 is 0 Å². The first kappa shape index (κ1) is 5.10. The number of fused-ring (bicyclic) bond motifs is 5. The van der Waals surface area contributed by atoms with E-state index in [1.54, 1.807) is 0 Å². The van der Waals surface area contributed by atoms with Gasteiger partial charge in [-0.25, -0.2) is 0 Å². The van der Waals surface area contributed by atoms with Crippen LogP contribution in [0.5, 0.6) is 0 Å². The van der Waals surface area contributed by atoms with Gasteiger partial charge < -0.3 is 0 Å². The molecule has 4 atom stereocenters. The molecule has 0 saturated heterocycles. The summed E-state index contributed by atoms with van der Waals surface area (Å²) >= 11 is 0. The van der Waals surface area contributed by atoms with E-state index in [0.717, 1.165) is 11.8 Å². The maximum absolute atomic E-state index is 4.19. The van der Waals surface area contributed by atoms with E-state index in [1.165, 1.54) is 19.3 Å². The van der Waals surface area contributed by atoms with Gasteiger partial charge in [0, 0.05) is 0 Å². The fourth-order valence-corrected chi connectivity index (χ4v) is 2.78. The minimum atomic E-state index is 0.554. The number of nitrogens with zero attached hydrogens (tertiary/aromatic N) is 2. The van der Waals surface area contributed by atoms with E-state index in [0.29, 0.717) is 12.1 Å². The molecule has 1 heterocycles. The Labute approximate surface area is 59.9 Å². The van der Waals surface area contributed by atoms with Gasteiger partial charge in [-0.15, -0.1) is 0 Å². The first-order valence-corrected chi connectivity index (χ1v) is 4.10. The van der Waals surface area contributed by atoms with Crippen molar-refractivity contribution in [3.05, 3.63) is 0 Å². The highest BCUT2D eigenvalue weighted by atomic mass is 15.5. The molecular formula is C7H11N3. The van der Waals surface area contributed by atoms with Crippen molar-refractivity contribution in [2.45, 2.75) is 31.3 Å². The van der Waals surface area contributed by atoms with E-state index >= 15 is 0 Å². The lowest BCUT2D eigenvalue weighted by Crippen LogP contribution is -2.35. The van der Waals surface area contributed by atoms with Gasteiger partial charge in [-0.2, -0.15) is 5.11 Å². The molecule has 3 rings (SSSR count). The highest BCUT2D eigenvalue weighted by Crippen LogP contribution is 2.47. The molecule has 3 nitrogen and oxygen atoms in total. The molecule has 0 aromatic heterocycles. The molecular weight excluding hydrogens is 126 g/mol. The Kier molecular flexibility index (Phi) is 0.775. The molecule has 0 aromatic carbocycles. The van der Waals surface area contributed by atoms with Gasteiger partial charge >= 0.3 is 0 Å². The summed E-state index contributed by atoms with van der Waals surface area (Å²) < 4.78 is 0. The lowest BCUT2D eigenvalue weighted by molar-refractivity contribution is 0.358. The summed E-state index contributed by atoms with van der Waals surface area (Å²) in [5, 5.41) is 8.08. The van der Waals surface area contributed by atoms with Gasteiger partial charge in [0.25, 0.3) is 0 Å². The number of rotatable bonds is 0. The van der Waals surface area contributed by atoms with Crippen molar-refractivity contribution >= 4 is 0 Å². The molecule has 0 radical (unpaired) electrons. The normalized spacial score (nSPS) is 55.2. The highest BCUT2D eigenvalue weighted by molar-refractivity contribution is 5.05. The summed E-state index contributed by atoms with van der Waals surface area (Å²) in [5.74, 6) is 1.76. The third-order valence-corrected chi connectivity index (χ3v) is 3.27. The molecule has 2 saturated carbocycles. The van der Waals surface area contributed by atoms with Gasteiger partial charge in [-0.1, -0.05) is 5.22 Å². The molecule has 3 aliphatic rings. The molecule has 1 N–H and O–H groups in total. The fourth-order valence-electron chi connectivity index (χ4n) is 2.78. The van der Waals surface area contributed by atoms with Crippen molar-refractivity contribution in [1.82, 2.24) is 5.43 Å². The van der Waals surface area contributed by atoms with Gasteiger partial charge in [-0.3, -0.25) is 5.43 Å². The Balaban J connectivity index is 1.97. The summed E-state index contributed by atoms with van der Waals surface area (Å²) in [6.07, 6.45) is 4.21. The minimum absolute atomic E-state index is 0.554. The van der Waals surface area contributed by atoms with Crippen LogP contribution in [0.15, 0.2) is 10.3 Å². The van der Waals surface area contributed by atoms with Crippen molar-refractivity contribution in [1.29, 1.82) is 0 Å². The van der Waals surface area contributed by atoms with Crippen LogP contribution in [-0.2, 0) is 0 Å². The molecule has 2 fully saturated rings. The van der Waals surface area contributed by atoms with E-state index in [4.69, 9.17) is 0 Å². The molecule has 3 heteroatoms. The second-order valence-electron chi connectivity index (χ2n) is 3.69. The van der Waals surface area contributed by atoms with Gasteiger partial charge in [0.15, 0.2) is 0 Å². The van der Waals surface area contributed by atoms with Crippen LogP contribution in [0.25, 0.3) is 0 Å². The predicted molar refractivity (Wildman–Crippen MR) is 36.4 cm³/mol. The maximum Gasteiger partial charge on any atom is 0.0977 e. The molecule has 0 spiro atoms. The Morgan fingerprint density at radius 1 is 1.20 bits per heavy atom. The van der Waals surface area contributed by atoms with E-state index in [-0.39, 0.29) is 0 Å². The zero-order valence-corrected chi connectivity index (χ0v) is 5.83. The fraction of sp³-hybridized carbons (Fsp3) is 1.00. The largest absolute Gasteiger partial charge is 0.286 e. The third-order valence-electron chi connectivity index (χ3n) is 3.27. The molecule has 4 unspecified atom stereocenters. The molecule has 0 amide bonds. The van der Waals surface area contributed by atoms with E-state index in [2.05, 4.69) is 15.8 Å². The Hall–Kier alpha value is -0.600. The van der Waals surface area contributed by atoms with Gasteiger partial charge in [-0.05, 0) is 31.1 Å². The first-order valence-electron chi connectivity index (χ1n) is 4.10. The standard InChI is InChI=1S/C7H11N3/c1-2-5-3-4(1)6-7(5)9-10-8-6/h4-7H,1-3H2,(H,8,9). The van der Waals surface area contributed by atoms with Crippen LogP contribution in [0.2, 0.25) is 0 Å². The third kappa shape index (κ3) is 0.435. The van der Waals surface area contributed by atoms with Crippen LogP contribution in [0.1, 0.15) is 19.3 Å². The Morgan fingerprint density at radius 3 is 3.00 bits per heavy atom. The lowest BCUT2D eigenvalue weighted by atomic mass is 9.92. The predicted octanol–water partition coefficient (Wildman–Crippen LogP) is 1.12. The molecule has 1 aliphatic heterocycles. The van der Waals surface area contributed by atoms with Crippen LogP contribution in [0.4, 0.5) is 0 Å². The summed E-state index contributed by atoms with van der Waals surface area (Å²) in [6.45, 7) is 0. The smallest absolute Gasteiger partial charge is 0.0977 e. The Bertz CT molecular complexity index is 189. The van der Waals surface area contributed by atoms with Crippen LogP contribution in [0, 0.1) is 11.8 Å². The number of hydrogen-bond acceptors (Lipinski definition) is 3. The lowest BCUT2D eigenvalue weighted by Gasteiger charge is -2.20. The summed E-state index contributed by atoms with van der Waals surface area (Å²) in [4.78, 5) is 0. The monoisotopic (exact) mass is 137 g/mol. The van der Waals surface area contributed by atoms with Crippen LogP contribution in [-0.4, -0.2) is 12.1 Å². The summed E-state index contributed by atoms with van der Waals surface area (Å²) in [6, 6.07) is 1.18. The van der Waals surface area contributed by atoms with Crippen molar-refractivity contribution in [3.8, 4) is 0 Å². The summed E-state index contributed by atoms with van der Waals surface area (Å²) in [5.41, 5.74) is 3.11. The SMILES string of the molecule is C1CC2CC1C1N=NNC21. The topological polar surface area (TPSA) is 36.8 Å². The molecule has 2 aliphatic carbocycles. The number of hydrogen-bond donors (Lipinski definition) is 1. The summed E-state index contributed by atoms with van der Waals surface area (Å²) in [7, 11) is 0. The van der Waals surface area contributed by atoms with Crippen LogP contribution in [0.3, 0.4) is 0 Å². The minimum Gasteiger partial charge on any atom is -0.286 e. The first-order chi connectivity index (χ1) is 4.95. The average Bonchev–Trinajstić information content (AvgIpc) is 2.60. The molecule has 0 aromatic rings. The highest BCUT2D eigenvalue weighted by Gasteiger charge is 2.50. The maximum atomic E-state index is 4.19. The van der Waals surface area contributed by atoms with Crippen molar-refractivity contribution in [2.75, 3.05) is 0 Å². The van der Waals surface area contributed by atoms with Crippen LogP contribution >= 0.6 is 0 Å². The van der Waals surface area contributed by atoms with Crippen molar-refractivity contribution in [3.63, 3.8) is 0 Å². The molecule has 10 heavy (non-hydrogen) atoms. The van der Waals surface area contributed by atoms with Gasteiger partial charge in [0.05, 0.1) is 12.1 Å². The molecule has 54 valence electrons. The second-order valence-corrected chi connectivity index (χ2v) is 3.69. The quantitative estimate of drug-likeness (QED) is 0.533. The molecule has 2 bridgehead atoms. The zero-order chi connectivity index (χ0) is 6.55. The van der Waals surface area contributed by atoms with Gasteiger partial charge in [0.2, 0.25) is 0 Å².